The van der Waals surface area contributed by atoms with Crippen molar-refractivity contribution in [2.75, 3.05) is 0 Å². The third-order valence-electron chi connectivity index (χ3n) is 2.29. The molecule has 0 spiro atoms. The van der Waals surface area contributed by atoms with Crippen molar-refractivity contribution in [1.82, 2.24) is 0 Å². The molecule has 0 saturated heterocycles. The Morgan fingerprint density at radius 1 is 0.824 bits per heavy atom. The summed E-state index contributed by atoms with van der Waals surface area (Å²) >= 11 is 5.58. The molecule has 0 bridgehead atoms. The zero-order valence-corrected chi connectivity index (χ0v) is 10.8. The Balaban J connectivity index is 0.000000171. The molecule has 2 aromatic rings. The fourth-order valence-corrected chi connectivity index (χ4v) is 1.39. The lowest BCUT2D eigenvalue weighted by Crippen LogP contribution is -1.75. The van der Waals surface area contributed by atoms with Gasteiger partial charge in [0.25, 0.3) is 0 Å². The molecule has 2 heteroatoms. The number of benzene rings is 2. The van der Waals surface area contributed by atoms with Crippen molar-refractivity contribution >= 4 is 11.6 Å². The molecular weight excluding hydrogens is 235 g/mol. The molecule has 90 valence electrons. The molecule has 2 rings (SSSR count). The van der Waals surface area contributed by atoms with E-state index in [1.807, 2.05) is 19.1 Å². The van der Waals surface area contributed by atoms with E-state index >= 15 is 0 Å². The van der Waals surface area contributed by atoms with Crippen molar-refractivity contribution in [2.45, 2.75) is 19.7 Å². The Labute approximate surface area is 107 Å². The molecule has 0 heterocycles. The van der Waals surface area contributed by atoms with Gasteiger partial charge in [0.05, 0.1) is 0 Å². The lowest BCUT2D eigenvalue weighted by molar-refractivity contribution is 0.627. The monoisotopic (exact) mass is 250 g/mol. The van der Waals surface area contributed by atoms with Gasteiger partial charge in [0, 0.05) is 5.88 Å². The van der Waals surface area contributed by atoms with Gasteiger partial charge in [-0.2, -0.15) is 0 Å². The normalized spacial score (nSPS) is 9.41. The summed E-state index contributed by atoms with van der Waals surface area (Å²) in [4.78, 5) is 0. The molecule has 0 aromatic heterocycles. The fraction of sp³-hybridized carbons (Fsp3) is 0.200. The number of rotatable bonds is 1. The molecule has 0 aliphatic heterocycles. The van der Waals surface area contributed by atoms with Gasteiger partial charge in [-0.15, -0.1) is 11.6 Å². The van der Waals surface area contributed by atoms with Crippen molar-refractivity contribution < 1.29 is 4.39 Å². The van der Waals surface area contributed by atoms with Crippen LogP contribution in [0, 0.1) is 19.7 Å². The van der Waals surface area contributed by atoms with Crippen LogP contribution in [0.4, 0.5) is 4.39 Å². The van der Waals surface area contributed by atoms with Crippen LogP contribution < -0.4 is 0 Å². The molecule has 0 atom stereocenters. The molecule has 0 saturated carbocycles. The van der Waals surface area contributed by atoms with Gasteiger partial charge in [-0.1, -0.05) is 47.5 Å². The third-order valence-corrected chi connectivity index (χ3v) is 2.59. The first-order valence-corrected chi connectivity index (χ1v) is 5.99. The van der Waals surface area contributed by atoms with Crippen LogP contribution in [0.2, 0.25) is 0 Å². The topological polar surface area (TPSA) is 0 Å². The van der Waals surface area contributed by atoms with E-state index in [1.165, 1.54) is 23.3 Å². The van der Waals surface area contributed by atoms with Gasteiger partial charge < -0.3 is 0 Å². The van der Waals surface area contributed by atoms with Crippen molar-refractivity contribution in [3.05, 3.63) is 71.0 Å². The lowest BCUT2D eigenvalue weighted by Gasteiger charge is -1.93. The maximum absolute atomic E-state index is 12.1. The highest BCUT2D eigenvalue weighted by atomic mass is 35.5. The van der Waals surface area contributed by atoms with Crippen LogP contribution >= 0.6 is 11.6 Å². The highest BCUT2D eigenvalue weighted by Crippen LogP contribution is 2.04. The molecular formula is C15H16ClF. The maximum Gasteiger partial charge on any atom is 0.123 e. The average molecular weight is 251 g/mol. The first kappa shape index (κ1) is 13.7. The van der Waals surface area contributed by atoms with Crippen molar-refractivity contribution in [1.29, 1.82) is 0 Å². The van der Waals surface area contributed by atoms with E-state index in [2.05, 4.69) is 19.1 Å². The van der Waals surface area contributed by atoms with Crippen molar-refractivity contribution in [3.8, 4) is 0 Å². The summed E-state index contributed by atoms with van der Waals surface area (Å²) in [6.07, 6.45) is 0. The van der Waals surface area contributed by atoms with Gasteiger partial charge >= 0.3 is 0 Å². The number of aryl methyl sites for hydroxylation is 2. The molecule has 0 unspecified atom stereocenters. The van der Waals surface area contributed by atoms with Gasteiger partial charge in [-0.25, -0.2) is 4.39 Å². The zero-order chi connectivity index (χ0) is 12.7. The smallest absolute Gasteiger partial charge is 0.123 e. The standard InChI is InChI=1S/C8H9Cl.C7H7F/c1-7-2-4-8(6-9)5-3-7;1-6-2-4-7(8)5-3-6/h2-5H,6H2,1H3;2-5H,1H3. The van der Waals surface area contributed by atoms with Gasteiger partial charge in [0.2, 0.25) is 0 Å². The van der Waals surface area contributed by atoms with Crippen LogP contribution in [0.3, 0.4) is 0 Å². The van der Waals surface area contributed by atoms with E-state index in [-0.39, 0.29) is 5.82 Å². The number of hydrogen-bond donors (Lipinski definition) is 0. The Hall–Kier alpha value is -1.34. The Morgan fingerprint density at radius 3 is 1.59 bits per heavy atom. The molecule has 0 amide bonds. The van der Waals surface area contributed by atoms with E-state index in [1.54, 1.807) is 12.1 Å². The summed E-state index contributed by atoms with van der Waals surface area (Å²) in [5.41, 5.74) is 3.55. The molecule has 0 aliphatic carbocycles. The predicted octanol–water partition coefficient (Wildman–Crippen LogP) is 4.87. The van der Waals surface area contributed by atoms with E-state index < -0.39 is 0 Å². The molecule has 0 aliphatic rings. The summed E-state index contributed by atoms with van der Waals surface area (Å²) in [6.45, 7) is 4.00. The fourth-order valence-electron chi connectivity index (χ4n) is 1.21. The third kappa shape index (κ3) is 5.50. The molecule has 17 heavy (non-hydrogen) atoms. The molecule has 0 N–H and O–H groups in total. The minimum absolute atomic E-state index is 0.171. The number of alkyl halides is 1. The zero-order valence-electron chi connectivity index (χ0n) is 10.1. The minimum atomic E-state index is -0.171. The van der Waals surface area contributed by atoms with Crippen LogP contribution in [0.15, 0.2) is 48.5 Å². The molecule has 0 radical (unpaired) electrons. The second kappa shape index (κ2) is 7.08. The highest BCUT2D eigenvalue weighted by molar-refractivity contribution is 6.17. The van der Waals surface area contributed by atoms with E-state index in [4.69, 9.17) is 11.6 Å². The second-order valence-corrected chi connectivity index (χ2v) is 4.18. The summed E-state index contributed by atoms with van der Waals surface area (Å²) < 4.78 is 12.1. The summed E-state index contributed by atoms with van der Waals surface area (Å²) in [5, 5.41) is 0. The predicted molar refractivity (Wildman–Crippen MR) is 71.9 cm³/mol. The van der Waals surface area contributed by atoms with Crippen LogP contribution in [0.1, 0.15) is 16.7 Å². The first-order valence-electron chi connectivity index (χ1n) is 5.45. The second-order valence-electron chi connectivity index (χ2n) is 3.91. The first-order chi connectivity index (χ1) is 8.11. The van der Waals surface area contributed by atoms with Crippen LogP contribution in [0.5, 0.6) is 0 Å². The SMILES string of the molecule is Cc1ccc(CCl)cc1.Cc1ccc(F)cc1. The largest absolute Gasteiger partial charge is 0.207 e. The van der Waals surface area contributed by atoms with Crippen molar-refractivity contribution in [2.24, 2.45) is 0 Å². The Bertz CT molecular complexity index is 410. The number of halogens is 2. The Kier molecular flexibility index (Phi) is 5.71. The van der Waals surface area contributed by atoms with Crippen LogP contribution in [0.25, 0.3) is 0 Å². The lowest BCUT2D eigenvalue weighted by atomic mass is 10.2. The van der Waals surface area contributed by atoms with Crippen LogP contribution in [-0.2, 0) is 5.88 Å². The Morgan fingerprint density at radius 2 is 1.24 bits per heavy atom. The quantitative estimate of drug-likeness (QED) is 0.634. The summed E-state index contributed by atoms with van der Waals surface area (Å²) in [5.74, 6) is 0.441. The van der Waals surface area contributed by atoms with Gasteiger partial charge in [-0.3, -0.25) is 0 Å². The molecule has 0 fully saturated rings. The van der Waals surface area contributed by atoms with Crippen LogP contribution in [-0.4, -0.2) is 0 Å². The minimum Gasteiger partial charge on any atom is -0.207 e. The van der Waals surface area contributed by atoms with Gasteiger partial charge in [0.15, 0.2) is 0 Å². The van der Waals surface area contributed by atoms with E-state index in [0.29, 0.717) is 5.88 Å². The molecule has 2 aromatic carbocycles. The summed E-state index contributed by atoms with van der Waals surface area (Å²) in [7, 11) is 0. The number of hydrogen-bond acceptors (Lipinski definition) is 0. The highest BCUT2D eigenvalue weighted by Gasteiger charge is 1.86. The molecule has 0 nitrogen and oxygen atoms in total. The maximum atomic E-state index is 12.1. The van der Waals surface area contributed by atoms with Gasteiger partial charge in [0.1, 0.15) is 5.82 Å². The summed E-state index contributed by atoms with van der Waals surface area (Å²) in [6, 6.07) is 14.6. The van der Waals surface area contributed by atoms with Gasteiger partial charge in [-0.05, 0) is 31.5 Å². The van der Waals surface area contributed by atoms with Crippen molar-refractivity contribution in [3.63, 3.8) is 0 Å². The van der Waals surface area contributed by atoms with E-state index in [0.717, 1.165) is 5.56 Å². The average Bonchev–Trinajstić information content (AvgIpc) is 2.35. The van der Waals surface area contributed by atoms with E-state index in [9.17, 15) is 4.39 Å².